The Bertz CT molecular complexity index is 874. The first-order valence-corrected chi connectivity index (χ1v) is 8.54. The van der Waals surface area contributed by atoms with Crippen molar-refractivity contribution in [3.8, 4) is 11.5 Å². The topological polar surface area (TPSA) is 50.4 Å². The van der Waals surface area contributed by atoms with Gasteiger partial charge in [-0.25, -0.2) is 0 Å². The molecule has 4 heteroatoms. The maximum atomic E-state index is 12.1. The summed E-state index contributed by atoms with van der Waals surface area (Å²) in [6.07, 6.45) is 0. The minimum atomic E-state index is -0.0819. The molecule has 0 aliphatic rings. The van der Waals surface area contributed by atoms with E-state index >= 15 is 0 Å². The van der Waals surface area contributed by atoms with Crippen molar-refractivity contribution >= 4 is 17.3 Å². The highest BCUT2D eigenvalue weighted by atomic mass is 16.5. The van der Waals surface area contributed by atoms with Gasteiger partial charge in [0.2, 0.25) is 5.91 Å². The van der Waals surface area contributed by atoms with Crippen molar-refractivity contribution < 1.29 is 9.53 Å². The number of hydrogen-bond acceptors (Lipinski definition) is 3. The number of anilines is 2. The van der Waals surface area contributed by atoms with Gasteiger partial charge in [0.15, 0.2) is 0 Å². The Morgan fingerprint density at radius 1 is 0.885 bits per heavy atom. The molecule has 0 bridgehead atoms. The Balaban J connectivity index is 1.52. The lowest BCUT2D eigenvalue weighted by atomic mass is 10.1. The molecule has 4 nitrogen and oxygen atoms in total. The molecule has 0 spiro atoms. The van der Waals surface area contributed by atoms with Gasteiger partial charge in [0.05, 0.1) is 6.54 Å². The zero-order valence-electron chi connectivity index (χ0n) is 15.0. The number of carbonyl (C=O) groups is 1. The maximum Gasteiger partial charge on any atom is 0.243 e. The molecule has 0 fully saturated rings. The van der Waals surface area contributed by atoms with E-state index in [0.717, 1.165) is 28.4 Å². The lowest BCUT2D eigenvalue weighted by molar-refractivity contribution is -0.114. The van der Waals surface area contributed by atoms with E-state index in [4.69, 9.17) is 4.74 Å². The van der Waals surface area contributed by atoms with E-state index in [-0.39, 0.29) is 12.5 Å². The standard InChI is InChI=1S/C22H22N2O2/c1-16-8-13-21(17(2)14-16)24-22(25)15-23-18-9-11-20(12-10-18)26-19-6-4-3-5-7-19/h3-14,23H,15H2,1-2H3,(H,24,25). The van der Waals surface area contributed by atoms with E-state index in [0.29, 0.717) is 0 Å². The fourth-order valence-electron chi connectivity index (χ4n) is 2.60. The third-order valence-corrected chi connectivity index (χ3v) is 3.94. The lowest BCUT2D eigenvalue weighted by Crippen LogP contribution is -2.22. The monoisotopic (exact) mass is 346 g/mol. The van der Waals surface area contributed by atoms with Crippen LogP contribution in [0.15, 0.2) is 72.8 Å². The normalized spacial score (nSPS) is 10.2. The molecule has 26 heavy (non-hydrogen) atoms. The van der Waals surface area contributed by atoms with Crippen LogP contribution in [0, 0.1) is 13.8 Å². The van der Waals surface area contributed by atoms with Gasteiger partial charge in [-0.15, -0.1) is 0 Å². The third kappa shape index (κ3) is 4.86. The minimum Gasteiger partial charge on any atom is -0.457 e. The summed E-state index contributed by atoms with van der Waals surface area (Å²) in [6.45, 7) is 4.22. The van der Waals surface area contributed by atoms with Crippen molar-refractivity contribution in [1.82, 2.24) is 0 Å². The molecule has 0 saturated heterocycles. The summed E-state index contributed by atoms with van der Waals surface area (Å²) in [7, 11) is 0. The Kier molecular flexibility index (Phi) is 5.54. The van der Waals surface area contributed by atoms with Crippen LogP contribution in [0.3, 0.4) is 0 Å². The predicted molar refractivity (Wildman–Crippen MR) is 106 cm³/mol. The summed E-state index contributed by atoms with van der Waals surface area (Å²) in [5.74, 6) is 1.46. The molecule has 0 heterocycles. The van der Waals surface area contributed by atoms with Gasteiger partial charge in [0, 0.05) is 11.4 Å². The molecule has 3 rings (SSSR count). The molecule has 0 aliphatic heterocycles. The first kappa shape index (κ1) is 17.5. The second kappa shape index (κ2) is 8.21. The fourth-order valence-corrected chi connectivity index (χ4v) is 2.60. The van der Waals surface area contributed by atoms with Crippen LogP contribution in [-0.4, -0.2) is 12.5 Å². The summed E-state index contributed by atoms with van der Waals surface area (Å²) in [6, 6.07) is 23.1. The Morgan fingerprint density at radius 3 is 2.27 bits per heavy atom. The summed E-state index contributed by atoms with van der Waals surface area (Å²) < 4.78 is 5.75. The van der Waals surface area contributed by atoms with Crippen molar-refractivity contribution in [2.75, 3.05) is 17.2 Å². The molecule has 2 N–H and O–H groups in total. The molecular weight excluding hydrogens is 324 g/mol. The van der Waals surface area contributed by atoms with Crippen LogP contribution in [0.5, 0.6) is 11.5 Å². The van der Waals surface area contributed by atoms with Gasteiger partial charge in [-0.2, -0.15) is 0 Å². The molecule has 3 aromatic rings. The second-order valence-corrected chi connectivity index (χ2v) is 6.16. The fraction of sp³-hybridized carbons (Fsp3) is 0.136. The number of aryl methyl sites for hydroxylation is 2. The number of ether oxygens (including phenoxy) is 1. The van der Waals surface area contributed by atoms with E-state index in [1.54, 1.807) is 0 Å². The highest BCUT2D eigenvalue weighted by Gasteiger charge is 2.05. The van der Waals surface area contributed by atoms with Crippen LogP contribution >= 0.6 is 0 Å². The molecule has 0 atom stereocenters. The largest absolute Gasteiger partial charge is 0.457 e. The van der Waals surface area contributed by atoms with Crippen molar-refractivity contribution in [1.29, 1.82) is 0 Å². The SMILES string of the molecule is Cc1ccc(NC(=O)CNc2ccc(Oc3ccccc3)cc2)c(C)c1. The molecule has 0 radical (unpaired) electrons. The molecular formula is C22H22N2O2. The number of benzene rings is 3. The van der Waals surface area contributed by atoms with Gasteiger partial charge in [-0.1, -0.05) is 35.9 Å². The zero-order chi connectivity index (χ0) is 18.4. The molecule has 0 aromatic heterocycles. The van der Waals surface area contributed by atoms with Gasteiger partial charge in [-0.3, -0.25) is 4.79 Å². The van der Waals surface area contributed by atoms with Gasteiger partial charge in [-0.05, 0) is 61.9 Å². The zero-order valence-corrected chi connectivity index (χ0v) is 15.0. The highest BCUT2D eigenvalue weighted by Crippen LogP contribution is 2.22. The minimum absolute atomic E-state index is 0.0819. The molecule has 1 amide bonds. The summed E-state index contributed by atoms with van der Waals surface area (Å²) in [4.78, 5) is 12.1. The third-order valence-electron chi connectivity index (χ3n) is 3.94. The van der Waals surface area contributed by atoms with E-state index in [1.165, 1.54) is 5.56 Å². The molecule has 0 unspecified atom stereocenters. The first-order chi connectivity index (χ1) is 12.6. The van der Waals surface area contributed by atoms with E-state index in [9.17, 15) is 4.79 Å². The molecule has 0 saturated carbocycles. The Labute approximate surface area is 153 Å². The van der Waals surface area contributed by atoms with E-state index in [2.05, 4.69) is 16.7 Å². The smallest absolute Gasteiger partial charge is 0.243 e. The summed E-state index contributed by atoms with van der Waals surface area (Å²) >= 11 is 0. The second-order valence-electron chi connectivity index (χ2n) is 6.16. The number of rotatable bonds is 6. The van der Waals surface area contributed by atoms with Gasteiger partial charge >= 0.3 is 0 Å². The van der Waals surface area contributed by atoms with Crippen LogP contribution < -0.4 is 15.4 Å². The Hall–Kier alpha value is -3.27. The number of nitrogens with one attached hydrogen (secondary N) is 2. The number of amides is 1. The van der Waals surface area contributed by atoms with Crippen LogP contribution in [0.25, 0.3) is 0 Å². The number of para-hydroxylation sites is 1. The first-order valence-electron chi connectivity index (χ1n) is 8.54. The maximum absolute atomic E-state index is 12.1. The van der Waals surface area contributed by atoms with Gasteiger partial charge in [0.25, 0.3) is 0 Å². The lowest BCUT2D eigenvalue weighted by Gasteiger charge is -2.11. The number of hydrogen-bond donors (Lipinski definition) is 2. The predicted octanol–water partition coefficient (Wildman–Crippen LogP) is 5.15. The van der Waals surface area contributed by atoms with Crippen molar-refractivity contribution in [2.45, 2.75) is 13.8 Å². The summed E-state index contributed by atoms with van der Waals surface area (Å²) in [5, 5.41) is 6.04. The quantitative estimate of drug-likeness (QED) is 0.649. The van der Waals surface area contributed by atoms with E-state index < -0.39 is 0 Å². The van der Waals surface area contributed by atoms with Gasteiger partial charge < -0.3 is 15.4 Å². The van der Waals surface area contributed by atoms with Gasteiger partial charge in [0.1, 0.15) is 11.5 Å². The van der Waals surface area contributed by atoms with Crippen molar-refractivity contribution in [3.05, 3.63) is 83.9 Å². The summed E-state index contributed by atoms with van der Waals surface area (Å²) in [5.41, 5.74) is 3.94. The molecule has 3 aromatic carbocycles. The average molecular weight is 346 g/mol. The van der Waals surface area contributed by atoms with Crippen LogP contribution in [0.2, 0.25) is 0 Å². The van der Waals surface area contributed by atoms with Crippen LogP contribution in [0.1, 0.15) is 11.1 Å². The molecule has 0 aliphatic carbocycles. The van der Waals surface area contributed by atoms with Crippen molar-refractivity contribution in [2.24, 2.45) is 0 Å². The van der Waals surface area contributed by atoms with Crippen LogP contribution in [-0.2, 0) is 4.79 Å². The van der Waals surface area contributed by atoms with E-state index in [1.807, 2.05) is 80.6 Å². The Morgan fingerprint density at radius 2 is 1.58 bits per heavy atom. The van der Waals surface area contributed by atoms with Crippen molar-refractivity contribution in [3.63, 3.8) is 0 Å². The number of carbonyl (C=O) groups excluding carboxylic acids is 1. The average Bonchev–Trinajstić information content (AvgIpc) is 2.64. The molecule has 132 valence electrons. The van der Waals surface area contributed by atoms with Crippen LogP contribution in [0.4, 0.5) is 11.4 Å². The highest BCUT2D eigenvalue weighted by molar-refractivity contribution is 5.94.